The number of methoxy groups -OCH3 is 1. The Morgan fingerprint density at radius 3 is 2.04 bits per heavy atom. The van der Waals surface area contributed by atoms with E-state index in [1.165, 1.54) is 7.11 Å². The van der Waals surface area contributed by atoms with Gasteiger partial charge in [0.25, 0.3) is 0 Å². The lowest BCUT2D eigenvalue weighted by Crippen LogP contribution is -2.05. The number of ether oxygens (including phenoxy) is 1. The summed E-state index contributed by atoms with van der Waals surface area (Å²) in [6.45, 7) is 3.90. The van der Waals surface area contributed by atoms with E-state index in [1.807, 2.05) is 78.9 Å². The van der Waals surface area contributed by atoms with Crippen molar-refractivity contribution in [3.8, 4) is 0 Å². The lowest BCUT2D eigenvalue weighted by atomic mass is 9.91. The van der Waals surface area contributed by atoms with E-state index in [0.717, 1.165) is 27.8 Å². The van der Waals surface area contributed by atoms with Gasteiger partial charge in [-0.3, -0.25) is 0 Å². The van der Waals surface area contributed by atoms with Gasteiger partial charge in [0.2, 0.25) is 0 Å². The topological polar surface area (TPSA) is 26.3 Å². The van der Waals surface area contributed by atoms with Crippen LogP contribution in [0.2, 0.25) is 0 Å². The van der Waals surface area contributed by atoms with Crippen LogP contribution in [-0.2, 0) is 4.74 Å². The fraction of sp³-hybridized carbons (Fsp3) is 0.0417. The zero-order chi connectivity index (χ0) is 18.4. The molecule has 3 aromatic carbocycles. The van der Waals surface area contributed by atoms with Crippen LogP contribution in [0, 0.1) is 0 Å². The average Bonchev–Trinajstić information content (AvgIpc) is 2.72. The molecule has 0 N–H and O–H groups in total. The summed E-state index contributed by atoms with van der Waals surface area (Å²) in [6.07, 6.45) is 3.93. The van der Waals surface area contributed by atoms with Crippen LogP contribution < -0.4 is 0 Å². The van der Waals surface area contributed by atoms with Gasteiger partial charge < -0.3 is 4.74 Å². The normalized spacial score (nSPS) is 11.0. The van der Waals surface area contributed by atoms with Crippen LogP contribution in [0.4, 0.5) is 0 Å². The molecule has 0 aliphatic heterocycles. The monoisotopic (exact) mass is 340 g/mol. The number of carbonyl (C=O) groups excluding carboxylic acids is 1. The molecule has 0 bridgehead atoms. The number of rotatable bonds is 5. The van der Waals surface area contributed by atoms with Gasteiger partial charge in [-0.05, 0) is 40.0 Å². The van der Waals surface area contributed by atoms with Gasteiger partial charge in [-0.1, -0.05) is 85.5 Å². The lowest BCUT2D eigenvalue weighted by molar-refractivity contribution is 0.0600. The Balaban J connectivity index is 2.26. The molecular weight excluding hydrogens is 320 g/mol. The maximum Gasteiger partial charge on any atom is 0.338 e. The maximum atomic E-state index is 12.3. The second-order valence-electron chi connectivity index (χ2n) is 5.79. The summed E-state index contributed by atoms with van der Waals surface area (Å²) in [4.78, 5) is 12.3. The molecule has 0 saturated heterocycles. The standard InChI is InChI=1S/C24H20O2/c1-3-18-11-7-8-14-20(18)17-23(19-12-5-4-6-13-19)21-15-9-10-16-22(21)24(25)26-2/h3-17H,1H2,2H3. The van der Waals surface area contributed by atoms with E-state index in [-0.39, 0.29) is 5.97 Å². The lowest BCUT2D eigenvalue weighted by Gasteiger charge is -2.13. The zero-order valence-electron chi connectivity index (χ0n) is 14.7. The molecule has 0 heterocycles. The highest BCUT2D eigenvalue weighted by atomic mass is 16.5. The first-order valence-corrected chi connectivity index (χ1v) is 8.41. The molecule has 0 unspecified atom stereocenters. The second kappa shape index (κ2) is 8.13. The highest BCUT2D eigenvalue weighted by Crippen LogP contribution is 2.30. The summed E-state index contributed by atoms with van der Waals surface area (Å²) >= 11 is 0. The molecule has 0 atom stereocenters. The predicted molar refractivity (Wildman–Crippen MR) is 108 cm³/mol. The number of hydrogen-bond acceptors (Lipinski definition) is 2. The second-order valence-corrected chi connectivity index (χ2v) is 5.79. The van der Waals surface area contributed by atoms with Crippen molar-refractivity contribution < 1.29 is 9.53 Å². The summed E-state index contributed by atoms with van der Waals surface area (Å²) in [7, 11) is 1.40. The minimum atomic E-state index is -0.348. The fourth-order valence-electron chi connectivity index (χ4n) is 2.92. The summed E-state index contributed by atoms with van der Waals surface area (Å²) in [5.41, 5.74) is 5.45. The molecule has 3 rings (SSSR count). The molecule has 26 heavy (non-hydrogen) atoms. The molecule has 0 amide bonds. The van der Waals surface area contributed by atoms with Gasteiger partial charge in [0.05, 0.1) is 12.7 Å². The van der Waals surface area contributed by atoms with Crippen LogP contribution in [0.15, 0.2) is 85.4 Å². The third-order valence-corrected chi connectivity index (χ3v) is 4.22. The summed E-state index contributed by atoms with van der Waals surface area (Å²) in [5.74, 6) is -0.348. The van der Waals surface area contributed by atoms with Crippen LogP contribution in [-0.4, -0.2) is 13.1 Å². The SMILES string of the molecule is C=Cc1ccccc1C=C(c1ccccc1)c1ccccc1C(=O)OC. The van der Waals surface area contributed by atoms with Gasteiger partial charge in [0, 0.05) is 0 Å². The number of benzene rings is 3. The molecule has 128 valence electrons. The molecule has 2 heteroatoms. The van der Waals surface area contributed by atoms with E-state index in [2.05, 4.69) is 12.7 Å². The third kappa shape index (κ3) is 3.65. The summed E-state index contributed by atoms with van der Waals surface area (Å²) in [5, 5.41) is 0. The highest BCUT2D eigenvalue weighted by molar-refractivity contribution is 6.02. The minimum Gasteiger partial charge on any atom is -0.465 e. The van der Waals surface area contributed by atoms with E-state index in [1.54, 1.807) is 6.07 Å². The number of esters is 1. The first kappa shape index (κ1) is 17.4. The van der Waals surface area contributed by atoms with Gasteiger partial charge in [-0.2, -0.15) is 0 Å². The van der Waals surface area contributed by atoms with E-state index < -0.39 is 0 Å². The van der Waals surface area contributed by atoms with Gasteiger partial charge in [-0.25, -0.2) is 4.79 Å². The van der Waals surface area contributed by atoms with E-state index in [0.29, 0.717) is 5.56 Å². The first-order chi connectivity index (χ1) is 12.7. The van der Waals surface area contributed by atoms with Crippen LogP contribution in [0.3, 0.4) is 0 Å². The summed E-state index contributed by atoms with van der Waals surface area (Å²) in [6, 6.07) is 25.6. The van der Waals surface area contributed by atoms with Gasteiger partial charge in [0.1, 0.15) is 0 Å². The van der Waals surface area contributed by atoms with Crippen molar-refractivity contribution >= 4 is 23.7 Å². The van der Waals surface area contributed by atoms with Crippen molar-refractivity contribution in [2.75, 3.05) is 7.11 Å². The largest absolute Gasteiger partial charge is 0.465 e. The minimum absolute atomic E-state index is 0.348. The molecule has 2 nitrogen and oxygen atoms in total. The average molecular weight is 340 g/mol. The Kier molecular flexibility index (Phi) is 5.45. The first-order valence-electron chi connectivity index (χ1n) is 8.41. The summed E-state index contributed by atoms with van der Waals surface area (Å²) < 4.78 is 4.98. The molecule has 0 aliphatic carbocycles. The van der Waals surface area contributed by atoms with Crippen molar-refractivity contribution in [1.29, 1.82) is 0 Å². The Morgan fingerprint density at radius 2 is 1.38 bits per heavy atom. The van der Waals surface area contributed by atoms with Crippen molar-refractivity contribution in [3.05, 3.63) is 113 Å². The van der Waals surface area contributed by atoms with Gasteiger partial charge in [0.15, 0.2) is 0 Å². The Bertz CT molecular complexity index is 953. The Hall–Kier alpha value is -3.39. The smallest absolute Gasteiger partial charge is 0.338 e. The molecule has 0 radical (unpaired) electrons. The van der Waals surface area contributed by atoms with Crippen molar-refractivity contribution in [1.82, 2.24) is 0 Å². The molecule has 0 spiro atoms. The fourth-order valence-corrected chi connectivity index (χ4v) is 2.92. The molecule has 0 saturated carbocycles. The quantitative estimate of drug-likeness (QED) is 0.439. The Morgan fingerprint density at radius 1 is 0.808 bits per heavy atom. The Labute approximate surface area is 154 Å². The van der Waals surface area contributed by atoms with Gasteiger partial charge in [-0.15, -0.1) is 0 Å². The van der Waals surface area contributed by atoms with Gasteiger partial charge >= 0.3 is 5.97 Å². The zero-order valence-corrected chi connectivity index (χ0v) is 14.7. The molecular formula is C24H20O2. The van der Waals surface area contributed by atoms with Crippen LogP contribution in [0.5, 0.6) is 0 Å². The van der Waals surface area contributed by atoms with E-state index in [4.69, 9.17) is 4.74 Å². The van der Waals surface area contributed by atoms with E-state index in [9.17, 15) is 4.79 Å². The number of carbonyl (C=O) groups is 1. The van der Waals surface area contributed by atoms with E-state index >= 15 is 0 Å². The predicted octanol–water partition coefficient (Wildman–Crippen LogP) is 5.71. The van der Waals surface area contributed by atoms with Crippen molar-refractivity contribution in [2.24, 2.45) is 0 Å². The molecule has 3 aromatic rings. The molecule has 0 aliphatic rings. The third-order valence-electron chi connectivity index (χ3n) is 4.22. The van der Waals surface area contributed by atoms with Crippen molar-refractivity contribution in [2.45, 2.75) is 0 Å². The van der Waals surface area contributed by atoms with Crippen LogP contribution in [0.25, 0.3) is 17.7 Å². The van der Waals surface area contributed by atoms with Crippen molar-refractivity contribution in [3.63, 3.8) is 0 Å². The molecule has 0 fully saturated rings. The molecule has 0 aromatic heterocycles. The maximum absolute atomic E-state index is 12.3. The van der Waals surface area contributed by atoms with Crippen LogP contribution in [0.1, 0.15) is 32.6 Å². The number of hydrogen-bond donors (Lipinski definition) is 0. The highest BCUT2D eigenvalue weighted by Gasteiger charge is 2.16. The van der Waals surface area contributed by atoms with Crippen LogP contribution >= 0.6 is 0 Å².